The molecule has 278 valence electrons. The van der Waals surface area contributed by atoms with Crippen molar-refractivity contribution in [1.29, 1.82) is 0 Å². The Morgan fingerprint density at radius 1 is 0.339 bits per heavy atom. The van der Waals surface area contributed by atoms with Crippen molar-refractivity contribution in [3.05, 3.63) is 228 Å². The van der Waals surface area contributed by atoms with E-state index in [0.717, 1.165) is 28.1 Å². The Kier molecular flexibility index (Phi) is 7.46. The third kappa shape index (κ3) is 4.95. The molecule has 0 bridgehead atoms. The van der Waals surface area contributed by atoms with Gasteiger partial charge in [0.05, 0.1) is 16.8 Å². The lowest BCUT2D eigenvalue weighted by molar-refractivity contribution is 0.653. The van der Waals surface area contributed by atoms with Crippen LogP contribution in [0.15, 0.2) is 204 Å². The Morgan fingerprint density at radius 2 is 0.881 bits per heavy atom. The van der Waals surface area contributed by atoms with E-state index >= 15 is 0 Å². The lowest BCUT2D eigenvalue weighted by Gasteiger charge is -2.43. The molecule has 2 aliphatic carbocycles. The maximum absolute atomic E-state index is 5.36. The molecule has 2 nitrogen and oxygen atoms in total. The second-order valence-corrected chi connectivity index (χ2v) is 17.5. The summed E-state index contributed by atoms with van der Waals surface area (Å²) in [6, 6.07) is 71.5. The summed E-state index contributed by atoms with van der Waals surface area (Å²) >= 11 is 1.91. The van der Waals surface area contributed by atoms with E-state index in [9.17, 15) is 0 Å². The SMILES string of the molecule is CC1(C)c2ccccc2-c2cc3c(cc21)Sc1ccccc1C31c2ccccc2-c2ccccc2-c2ccc(-c3cc(-c4ccccc4)nc(-c4ccccc4)n3)cc21. The molecule has 0 amide bonds. The number of aromatic nitrogens is 2. The van der Waals surface area contributed by atoms with Crippen molar-refractivity contribution in [3.63, 3.8) is 0 Å². The maximum atomic E-state index is 5.36. The van der Waals surface area contributed by atoms with Crippen molar-refractivity contribution < 1.29 is 0 Å². The van der Waals surface area contributed by atoms with Gasteiger partial charge >= 0.3 is 0 Å². The first-order valence-electron chi connectivity index (χ1n) is 20.4. The smallest absolute Gasteiger partial charge is 0.160 e. The Morgan fingerprint density at radius 3 is 1.59 bits per heavy atom. The van der Waals surface area contributed by atoms with Gasteiger partial charge in [-0.15, -0.1) is 0 Å². The van der Waals surface area contributed by atoms with Gasteiger partial charge in [0.15, 0.2) is 5.82 Å². The molecular weight excluding hydrogens is 733 g/mol. The van der Waals surface area contributed by atoms with Gasteiger partial charge < -0.3 is 0 Å². The number of benzene rings is 8. The molecule has 3 heteroatoms. The van der Waals surface area contributed by atoms with Crippen LogP contribution in [0, 0.1) is 0 Å². The van der Waals surface area contributed by atoms with Crippen molar-refractivity contribution in [1.82, 2.24) is 9.97 Å². The molecule has 0 saturated heterocycles. The fraction of sp³-hybridized carbons (Fsp3) is 0.0714. The summed E-state index contributed by atoms with van der Waals surface area (Å²) in [7, 11) is 0. The molecule has 9 aromatic rings. The van der Waals surface area contributed by atoms with Crippen molar-refractivity contribution >= 4 is 11.8 Å². The van der Waals surface area contributed by atoms with Crippen molar-refractivity contribution in [2.75, 3.05) is 0 Å². The zero-order valence-corrected chi connectivity index (χ0v) is 33.6. The van der Waals surface area contributed by atoms with E-state index in [1.807, 2.05) is 17.8 Å². The zero-order valence-electron chi connectivity index (χ0n) is 32.8. The summed E-state index contributed by atoms with van der Waals surface area (Å²) in [4.78, 5) is 13.1. The molecule has 0 fully saturated rings. The minimum Gasteiger partial charge on any atom is -0.228 e. The van der Waals surface area contributed by atoms with E-state index in [0.29, 0.717) is 5.82 Å². The van der Waals surface area contributed by atoms with Crippen molar-refractivity contribution in [2.45, 2.75) is 34.5 Å². The number of nitrogens with zero attached hydrogens (tertiary/aromatic N) is 2. The van der Waals surface area contributed by atoms with E-state index in [-0.39, 0.29) is 5.41 Å². The van der Waals surface area contributed by atoms with Gasteiger partial charge in [-0.1, -0.05) is 189 Å². The summed E-state index contributed by atoms with van der Waals surface area (Å²) in [5, 5.41) is 0. The van der Waals surface area contributed by atoms with Gasteiger partial charge in [0, 0.05) is 31.9 Å². The highest BCUT2D eigenvalue weighted by Gasteiger charge is 2.50. The molecule has 1 unspecified atom stereocenters. The molecule has 1 aliphatic heterocycles. The maximum Gasteiger partial charge on any atom is 0.160 e. The van der Waals surface area contributed by atoms with E-state index in [2.05, 4.69) is 202 Å². The summed E-state index contributed by atoms with van der Waals surface area (Å²) in [5.41, 5.74) is 19.7. The predicted molar refractivity (Wildman–Crippen MR) is 243 cm³/mol. The van der Waals surface area contributed by atoms with Gasteiger partial charge in [-0.05, 0) is 97.1 Å². The highest BCUT2D eigenvalue weighted by Crippen LogP contribution is 2.63. The predicted octanol–water partition coefficient (Wildman–Crippen LogP) is 14.3. The van der Waals surface area contributed by atoms with Gasteiger partial charge in [0.1, 0.15) is 0 Å². The lowest BCUT2D eigenvalue weighted by atomic mass is 9.62. The van der Waals surface area contributed by atoms with Crippen LogP contribution in [0.3, 0.4) is 0 Å². The van der Waals surface area contributed by atoms with Gasteiger partial charge in [0.25, 0.3) is 0 Å². The van der Waals surface area contributed by atoms with Gasteiger partial charge in [-0.3, -0.25) is 0 Å². The van der Waals surface area contributed by atoms with Gasteiger partial charge in [-0.2, -0.15) is 0 Å². The van der Waals surface area contributed by atoms with Crippen LogP contribution in [0.25, 0.3) is 67.3 Å². The molecular formula is C56H38N2S. The Balaban J connectivity index is 1.22. The summed E-state index contributed by atoms with van der Waals surface area (Å²) in [6.45, 7) is 4.77. The lowest BCUT2D eigenvalue weighted by Crippen LogP contribution is -2.35. The molecule has 12 rings (SSSR count). The van der Waals surface area contributed by atoms with Crippen molar-refractivity contribution in [2.24, 2.45) is 0 Å². The highest BCUT2D eigenvalue weighted by molar-refractivity contribution is 7.99. The molecule has 0 radical (unpaired) electrons. The average molecular weight is 771 g/mol. The molecule has 1 aromatic heterocycles. The van der Waals surface area contributed by atoms with Crippen LogP contribution in [0.1, 0.15) is 47.2 Å². The first-order chi connectivity index (χ1) is 29.0. The van der Waals surface area contributed by atoms with Crippen LogP contribution in [0.5, 0.6) is 0 Å². The van der Waals surface area contributed by atoms with Gasteiger partial charge in [0.2, 0.25) is 0 Å². The van der Waals surface area contributed by atoms with Gasteiger partial charge in [-0.25, -0.2) is 9.97 Å². The first-order valence-corrected chi connectivity index (χ1v) is 21.2. The summed E-state index contributed by atoms with van der Waals surface area (Å²) in [5.74, 6) is 0.712. The topological polar surface area (TPSA) is 25.8 Å². The summed E-state index contributed by atoms with van der Waals surface area (Å²) < 4.78 is 0. The minimum atomic E-state index is -0.660. The molecule has 0 saturated carbocycles. The largest absolute Gasteiger partial charge is 0.228 e. The Labute approximate surface area is 349 Å². The van der Waals surface area contributed by atoms with Crippen LogP contribution in [-0.4, -0.2) is 9.97 Å². The molecule has 59 heavy (non-hydrogen) atoms. The molecule has 8 aromatic carbocycles. The third-order valence-corrected chi connectivity index (χ3v) is 14.1. The van der Waals surface area contributed by atoms with E-state index in [1.165, 1.54) is 76.6 Å². The third-order valence-electron chi connectivity index (χ3n) is 13.0. The standard InChI is InChI=1S/C56H38N2S/c1-55(2)44-25-13-11-24-41(44)43-32-49-53(33-47(43)55)59-52-28-16-15-27-46(52)56(49)45-26-14-12-23-40(45)38-21-9-10-22-39(38)42-30-29-37(31-48(42)56)51-34-50(35-17-5-3-6-18-35)57-54(58-51)36-19-7-4-8-20-36/h3-34H,1-2H3. The fourth-order valence-electron chi connectivity index (χ4n) is 10.3. The van der Waals surface area contributed by atoms with E-state index in [4.69, 9.17) is 9.97 Å². The molecule has 1 atom stereocenters. The average Bonchev–Trinajstić information content (AvgIpc) is 3.46. The minimum absolute atomic E-state index is 0.117. The molecule has 3 aliphatic rings. The van der Waals surface area contributed by atoms with E-state index < -0.39 is 5.41 Å². The second-order valence-electron chi connectivity index (χ2n) is 16.5. The number of hydrogen-bond donors (Lipinski definition) is 0. The normalized spacial score (nSPS) is 16.1. The van der Waals surface area contributed by atoms with Crippen LogP contribution in [0.2, 0.25) is 0 Å². The summed E-state index contributed by atoms with van der Waals surface area (Å²) in [6.07, 6.45) is 0. The quantitative estimate of drug-likeness (QED) is 0.179. The van der Waals surface area contributed by atoms with Crippen LogP contribution >= 0.6 is 11.8 Å². The van der Waals surface area contributed by atoms with Crippen LogP contribution in [-0.2, 0) is 10.8 Å². The molecule has 1 spiro atoms. The Bertz CT molecular complexity index is 3110. The monoisotopic (exact) mass is 770 g/mol. The molecule has 2 heterocycles. The van der Waals surface area contributed by atoms with Crippen LogP contribution < -0.4 is 0 Å². The highest BCUT2D eigenvalue weighted by atomic mass is 32.2. The second kappa shape index (κ2) is 12.8. The zero-order chi connectivity index (χ0) is 39.3. The number of fused-ring (bicyclic) bond motifs is 14. The molecule has 0 N–H and O–H groups in total. The number of hydrogen-bond acceptors (Lipinski definition) is 3. The Hall–Kier alpha value is -6.81. The van der Waals surface area contributed by atoms with E-state index in [1.54, 1.807) is 0 Å². The number of rotatable bonds is 3. The van der Waals surface area contributed by atoms with Crippen molar-refractivity contribution in [3.8, 4) is 67.3 Å². The van der Waals surface area contributed by atoms with Crippen LogP contribution in [0.4, 0.5) is 0 Å². The first kappa shape index (κ1) is 34.3. The fourth-order valence-corrected chi connectivity index (χ4v) is 11.5.